The highest BCUT2D eigenvalue weighted by molar-refractivity contribution is 5.88. The third kappa shape index (κ3) is 3.59. The Morgan fingerprint density at radius 2 is 1.82 bits per heavy atom. The summed E-state index contributed by atoms with van der Waals surface area (Å²) in [6, 6.07) is 17.8. The Kier molecular flexibility index (Phi) is 4.55. The lowest BCUT2D eigenvalue weighted by Crippen LogP contribution is -2.00. The van der Waals surface area contributed by atoms with Crippen LogP contribution in [0, 0.1) is 6.92 Å². The zero-order valence-electron chi connectivity index (χ0n) is 15.0. The van der Waals surface area contributed by atoms with Gasteiger partial charge in [-0.3, -0.25) is 0 Å². The lowest BCUT2D eigenvalue weighted by molar-refractivity contribution is 0.0697. The van der Waals surface area contributed by atoms with Crippen LogP contribution in [0.5, 0.6) is 11.6 Å². The van der Waals surface area contributed by atoms with Crippen molar-refractivity contribution in [1.29, 1.82) is 0 Å². The van der Waals surface area contributed by atoms with Gasteiger partial charge in [-0.05, 0) is 36.8 Å². The molecule has 28 heavy (non-hydrogen) atoms. The van der Waals surface area contributed by atoms with Crippen molar-refractivity contribution in [3.63, 3.8) is 0 Å². The van der Waals surface area contributed by atoms with Crippen LogP contribution in [0.25, 0.3) is 16.9 Å². The third-order valence-electron chi connectivity index (χ3n) is 4.19. The molecule has 7 heteroatoms. The van der Waals surface area contributed by atoms with Crippen LogP contribution in [-0.4, -0.2) is 31.1 Å². The third-order valence-corrected chi connectivity index (χ3v) is 4.19. The maximum absolute atomic E-state index is 11.0. The highest BCUT2D eigenvalue weighted by Gasteiger charge is 2.10. The number of carbonyl (C=O) groups is 1. The summed E-state index contributed by atoms with van der Waals surface area (Å²) in [5.74, 6) is 0.252. The van der Waals surface area contributed by atoms with E-state index in [1.54, 1.807) is 41.3 Å². The van der Waals surface area contributed by atoms with Crippen LogP contribution in [0.4, 0.5) is 0 Å². The lowest BCUT2D eigenvalue weighted by atomic mass is 10.1. The lowest BCUT2D eigenvalue weighted by Gasteiger charge is -2.08. The number of benzene rings is 2. The molecule has 0 aliphatic heterocycles. The second-order valence-electron chi connectivity index (χ2n) is 6.15. The predicted octanol–water partition coefficient (Wildman–Crippen LogP) is 4.13. The standard InChI is InChI=1S/C21H16N4O3/c1-14-11-20(28-17-5-3-2-4-6-17)22-12-19(14)25-13-18(23-24-25)15-7-9-16(10-8-15)21(26)27/h2-13H,1H3,(H,26,27). The summed E-state index contributed by atoms with van der Waals surface area (Å²) in [7, 11) is 0. The fourth-order valence-electron chi connectivity index (χ4n) is 2.73. The van der Waals surface area contributed by atoms with E-state index >= 15 is 0 Å². The van der Waals surface area contributed by atoms with E-state index in [1.807, 2.05) is 43.3 Å². The topological polar surface area (TPSA) is 90.1 Å². The van der Waals surface area contributed by atoms with E-state index in [4.69, 9.17) is 9.84 Å². The molecule has 0 fully saturated rings. The minimum Gasteiger partial charge on any atom is -0.478 e. The van der Waals surface area contributed by atoms with E-state index in [9.17, 15) is 4.79 Å². The summed E-state index contributed by atoms with van der Waals surface area (Å²) in [5, 5.41) is 17.3. The molecule has 0 aliphatic rings. The van der Waals surface area contributed by atoms with Crippen molar-refractivity contribution < 1.29 is 14.6 Å². The van der Waals surface area contributed by atoms with Crippen molar-refractivity contribution in [2.24, 2.45) is 0 Å². The maximum Gasteiger partial charge on any atom is 0.335 e. The van der Waals surface area contributed by atoms with Crippen LogP contribution in [0.2, 0.25) is 0 Å². The smallest absolute Gasteiger partial charge is 0.335 e. The largest absolute Gasteiger partial charge is 0.478 e. The van der Waals surface area contributed by atoms with Crippen LogP contribution >= 0.6 is 0 Å². The summed E-state index contributed by atoms with van der Waals surface area (Å²) in [4.78, 5) is 15.3. The van der Waals surface area contributed by atoms with E-state index < -0.39 is 5.97 Å². The Bertz CT molecular complexity index is 1120. The molecule has 1 N–H and O–H groups in total. The molecule has 0 saturated heterocycles. The van der Waals surface area contributed by atoms with Crippen LogP contribution < -0.4 is 4.74 Å². The Morgan fingerprint density at radius 1 is 1.07 bits per heavy atom. The number of aryl methyl sites for hydroxylation is 1. The van der Waals surface area contributed by atoms with E-state index in [0.29, 0.717) is 11.6 Å². The highest BCUT2D eigenvalue weighted by atomic mass is 16.5. The molecule has 0 spiro atoms. The van der Waals surface area contributed by atoms with Gasteiger partial charge in [0.1, 0.15) is 11.4 Å². The summed E-state index contributed by atoms with van der Waals surface area (Å²) in [6.45, 7) is 1.94. The van der Waals surface area contributed by atoms with Gasteiger partial charge in [-0.2, -0.15) is 0 Å². The van der Waals surface area contributed by atoms with Gasteiger partial charge in [0.15, 0.2) is 0 Å². The average Bonchev–Trinajstić information content (AvgIpc) is 3.19. The van der Waals surface area contributed by atoms with Crippen LogP contribution in [0.1, 0.15) is 15.9 Å². The first-order valence-electron chi connectivity index (χ1n) is 8.56. The molecule has 0 amide bonds. The number of aromatic nitrogens is 4. The van der Waals surface area contributed by atoms with E-state index in [1.165, 1.54) is 0 Å². The van der Waals surface area contributed by atoms with Crippen molar-refractivity contribution in [2.45, 2.75) is 6.92 Å². The number of carboxylic acid groups (broad SMARTS) is 1. The van der Waals surface area contributed by atoms with E-state index in [0.717, 1.165) is 22.6 Å². The van der Waals surface area contributed by atoms with E-state index in [2.05, 4.69) is 15.3 Å². The van der Waals surface area contributed by atoms with Crippen molar-refractivity contribution >= 4 is 5.97 Å². The zero-order valence-corrected chi connectivity index (χ0v) is 15.0. The molecule has 0 unspecified atom stereocenters. The molecule has 0 aliphatic carbocycles. The zero-order chi connectivity index (χ0) is 19.5. The molecular formula is C21H16N4O3. The van der Waals surface area contributed by atoms with Gasteiger partial charge < -0.3 is 9.84 Å². The van der Waals surface area contributed by atoms with Gasteiger partial charge in [0.2, 0.25) is 5.88 Å². The molecule has 0 atom stereocenters. The van der Waals surface area contributed by atoms with Gasteiger partial charge in [0, 0.05) is 11.6 Å². The maximum atomic E-state index is 11.0. The fraction of sp³-hybridized carbons (Fsp3) is 0.0476. The first-order chi connectivity index (χ1) is 13.6. The quantitative estimate of drug-likeness (QED) is 0.566. The van der Waals surface area contributed by atoms with Gasteiger partial charge in [0.05, 0.1) is 23.6 Å². The number of carboxylic acids is 1. The van der Waals surface area contributed by atoms with Crippen LogP contribution in [0.15, 0.2) is 73.1 Å². The number of ether oxygens (including phenoxy) is 1. The number of nitrogens with zero attached hydrogens (tertiary/aromatic N) is 4. The van der Waals surface area contributed by atoms with Crippen molar-refractivity contribution in [3.8, 4) is 28.6 Å². The number of para-hydroxylation sites is 1. The number of aromatic carboxylic acids is 1. The van der Waals surface area contributed by atoms with Crippen LogP contribution in [-0.2, 0) is 0 Å². The van der Waals surface area contributed by atoms with Gasteiger partial charge in [0.25, 0.3) is 0 Å². The molecule has 138 valence electrons. The summed E-state index contributed by atoms with van der Waals surface area (Å²) in [6.07, 6.45) is 3.46. The molecule has 0 radical (unpaired) electrons. The van der Waals surface area contributed by atoms with Crippen molar-refractivity contribution in [2.75, 3.05) is 0 Å². The molecule has 2 heterocycles. The normalized spacial score (nSPS) is 10.6. The molecule has 4 aromatic rings. The SMILES string of the molecule is Cc1cc(Oc2ccccc2)ncc1-n1cc(-c2ccc(C(=O)O)cc2)nn1. The number of hydrogen-bond acceptors (Lipinski definition) is 5. The Labute approximate surface area is 160 Å². The van der Waals surface area contributed by atoms with Crippen molar-refractivity contribution in [1.82, 2.24) is 20.0 Å². The monoisotopic (exact) mass is 372 g/mol. The van der Waals surface area contributed by atoms with Gasteiger partial charge in [-0.15, -0.1) is 5.10 Å². The molecule has 2 aromatic heterocycles. The molecule has 7 nitrogen and oxygen atoms in total. The second-order valence-corrected chi connectivity index (χ2v) is 6.15. The molecule has 4 rings (SSSR count). The number of hydrogen-bond donors (Lipinski definition) is 1. The average molecular weight is 372 g/mol. The minimum atomic E-state index is -0.963. The Morgan fingerprint density at radius 3 is 2.50 bits per heavy atom. The summed E-state index contributed by atoms with van der Waals surface area (Å²) in [5.41, 5.74) is 3.36. The second kappa shape index (κ2) is 7.32. The first-order valence-corrected chi connectivity index (χ1v) is 8.56. The number of pyridine rings is 1. The molecular weight excluding hydrogens is 356 g/mol. The van der Waals surface area contributed by atoms with Crippen LogP contribution in [0.3, 0.4) is 0 Å². The highest BCUT2D eigenvalue weighted by Crippen LogP contribution is 2.24. The predicted molar refractivity (Wildman–Crippen MR) is 103 cm³/mol. The van der Waals surface area contributed by atoms with E-state index in [-0.39, 0.29) is 5.56 Å². The Balaban J connectivity index is 1.57. The number of rotatable bonds is 5. The fourth-order valence-corrected chi connectivity index (χ4v) is 2.73. The first kappa shape index (κ1) is 17.4. The van der Waals surface area contributed by atoms with Crippen molar-refractivity contribution in [3.05, 3.63) is 84.2 Å². The minimum absolute atomic E-state index is 0.227. The molecule has 0 saturated carbocycles. The molecule has 2 aromatic carbocycles. The van der Waals surface area contributed by atoms with Gasteiger partial charge in [-0.1, -0.05) is 35.5 Å². The summed E-state index contributed by atoms with van der Waals surface area (Å²) >= 11 is 0. The summed E-state index contributed by atoms with van der Waals surface area (Å²) < 4.78 is 7.38. The molecule has 0 bridgehead atoms. The van der Waals surface area contributed by atoms with Gasteiger partial charge >= 0.3 is 5.97 Å². The Hall–Kier alpha value is -4.00. The van der Waals surface area contributed by atoms with Gasteiger partial charge in [-0.25, -0.2) is 14.5 Å².